The van der Waals surface area contributed by atoms with Crippen molar-refractivity contribution < 1.29 is 23.5 Å². The number of ether oxygens (including phenoxy) is 1. The Kier molecular flexibility index (Phi) is 6.67. The Bertz CT molecular complexity index is 1250. The van der Waals surface area contributed by atoms with Crippen LogP contribution in [0.5, 0.6) is 0 Å². The van der Waals surface area contributed by atoms with Gasteiger partial charge < -0.3 is 14.5 Å². The summed E-state index contributed by atoms with van der Waals surface area (Å²) in [6, 6.07) is 12.5. The number of carbonyl (C=O) groups is 3. The zero-order valence-electron chi connectivity index (χ0n) is 20.3. The van der Waals surface area contributed by atoms with Gasteiger partial charge in [-0.1, -0.05) is 23.7 Å². The van der Waals surface area contributed by atoms with Crippen LogP contribution in [0, 0.1) is 17.1 Å². The summed E-state index contributed by atoms with van der Waals surface area (Å²) in [5.41, 5.74) is -1.38. The molecule has 0 aromatic heterocycles. The molecule has 0 radical (unpaired) electrons. The van der Waals surface area contributed by atoms with Crippen LogP contribution in [-0.4, -0.2) is 58.5 Å². The van der Waals surface area contributed by atoms with Gasteiger partial charge in [0.15, 0.2) is 0 Å². The molecule has 2 aliphatic heterocycles. The molecule has 2 saturated heterocycles. The van der Waals surface area contributed by atoms with Crippen LogP contribution in [-0.2, 0) is 20.9 Å². The highest BCUT2D eigenvalue weighted by Crippen LogP contribution is 2.38. The van der Waals surface area contributed by atoms with E-state index in [1.807, 2.05) is 6.07 Å². The van der Waals surface area contributed by atoms with E-state index in [9.17, 15) is 18.8 Å². The lowest BCUT2D eigenvalue weighted by Crippen LogP contribution is -2.69. The molecule has 0 bridgehead atoms. The van der Waals surface area contributed by atoms with Gasteiger partial charge in [-0.2, -0.15) is 5.26 Å². The Hall–Kier alpha value is -3.64. The highest BCUT2D eigenvalue weighted by atomic mass is 35.5. The first-order valence-electron chi connectivity index (χ1n) is 11.5. The van der Waals surface area contributed by atoms with Gasteiger partial charge in [-0.3, -0.25) is 14.5 Å². The smallest absolute Gasteiger partial charge is 0.410 e. The summed E-state index contributed by atoms with van der Waals surface area (Å²) in [4.78, 5) is 44.3. The van der Waals surface area contributed by atoms with E-state index in [4.69, 9.17) is 21.6 Å². The van der Waals surface area contributed by atoms with Gasteiger partial charge in [0.05, 0.1) is 23.9 Å². The number of hydrogen-bond acceptors (Lipinski definition) is 5. The van der Waals surface area contributed by atoms with Crippen LogP contribution in [0.2, 0.25) is 5.02 Å². The second-order valence-electron chi connectivity index (χ2n) is 9.96. The largest absolute Gasteiger partial charge is 0.444 e. The number of likely N-dealkylation sites (tertiary alicyclic amines) is 1. The third-order valence-corrected chi connectivity index (χ3v) is 6.53. The van der Waals surface area contributed by atoms with E-state index < -0.39 is 29.0 Å². The van der Waals surface area contributed by atoms with Crippen molar-refractivity contribution in [3.05, 3.63) is 64.4 Å². The molecule has 36 heavy (non-hydrogen) atoms. The normalized spacial score (nSPS) is 20.2. The zero-order chi connectivity index (χ0) is 26.3. The minimum absolute atomic E-state index is 0.0888. The monoisotopic (exact) mass is 512 g/mol. The summed E-state index contributed by atoms with van der Waals surface area (Å²) in [5.74, 6) is -1.66. The molecule has 2 aromatic rings. The van der Waals surface area contributed by atoms with Crippen LogP contribution in [0.15, 0.2) is 42.5 Å². The van der Waals surface area contributed by atoms with Crippen LogP contribution < -0.4 is 4.90 Å². The van der Waals surface area contributed by atoms with E-state index >= 15 is 0 Å². The fraction of sp³-hybridized carbons (Fsp3) is 0.385. The molecule has 2 fully saturated rings. The van der Waals surface area contributed by atoms with Gasteiger partial charge in [0.1, 0.15) is 23.5 Å². The van der Waals surface area contributed by atoms with Gasteiger partial charge in [-0.05, 0) is 63.1 Å². The van der Waals surface area contributed by atoms with Crippen molar-refractivity contribution in [2.75, 3.05) is 24.5 Å². The first-order chi connectivity index (χ1) is 16.9. The number of nitrogens with zero attached hydrogens (tertiary/aromatic N) is 4. The summed E-state index contributed by atoms with van der Waals surface area (Å²) in [7, 11) is 0. The Morgan fingerprint density at radius 2 is 1.89 bits per heavy atom. The molecule has 1 spiro atoms. The molecule has 2 heterocycles. The van der Waals surface area contributed by atoms with Crippen molar-refractivity contribution in [2.45, 2.75) is 44.9 Å². The van der Waals surface area contributed by atoms with Crippen LogP contribution in [0.1, 0.15) is 38.3 Å². The van der Waals surface area contributed by atoms with Gasteiger partial charge in [0, 0.05) is 18.1 Å². The summed E-state index contributed by atoms with van der Waals surface area (Å²) in [6.07, 6.45) is -0.425. The minimum Gasteiger partial charge on any atom is -0.444 e. The number of anilines is 1. The number of halogens is 2. The third kappa shape index (κ3) is 4.86. The molecule has 10 heteroatoms. The lowest BCUT2D eigenvalue weighted by atomic mass is 9.90. The van der Waals surface area contributed by atoms with Crippen molar-refractivity contribution in [2.24, 2.45) is 0 Å². The molecule has 2 aromatic carbocycles. The van der Waals surface area contributed by atoms with Crippen molar-refractivity contribution in [3.8, 4) is 6.07 Å². The number of piperazine rings is 1. The molecule has 2 aliphatic rings. The molecule has 8 nitrogen and oxygen atoms in total. The third-order valence-electron chi connectivity index (χ3n) is 6.28. The van der Waals surface area contributed by atoms with E-state index in [0.717, 1.165) is 16.5 Å². The number of amides is 3. The lowest BCUT2D eigenvalue weighted by molar-refractivity contribution is -0.151. The summed E-state index contributed by atoms with van der Waals surface area (Å²) in [6.45, 7) is 5.08. The number of benzene rings is 2. The highest BCUT2D eigenvalue weighted by Gasteiger charge is 2.57. The van der Waals surface area contributed by atoms with Crippen LogP contribution in [0.3, 0.4) is 0 Å². The molecular weight excluding hydrogens is 487 g/mol. The van der Waals surface area contributed by atoms with Crippen LogP contribution in [0.25, 0.3) is 0 Å². The maximum Gasteiger partial charge on any atom is 0.410 e. The molecule has 188 valence electrons. The average molecular weight is 513 g/mol. The second-order valence-corrected chi connectivity index (χ2v) is 10.4. The van der Waals surface area contributed by atoms with E-state index in [-0.39, 0.29) is 49.8 Å². The molecule has 1 atom stereocenters. The number of nitriles is 1. The predicted molar refractivity (Wildman–Crippen MR) is 131 cm³/mol. The standard InChI is InChI=1S/C26H26ClFN4O4/c1-25(2,3)36-24(35)30-11-10-26(16-30)23(34)31(21-9-6-18(13-29)12-20(21)28)15-22(33)32(26)14-17-4-7-19(27)8-5-17/h4-9,12H,10-11,14-16H2,1-3H3. The maximum absolute atomic E-state index is 14.9. The maximum atomic E-state index is 14.9. The molecular formula is C26H26ClFN4O4. The first-order valence-corrected chi connectivity index (χ1v) is 11.9. The van der Waals surface area contributed by atoms with Crippen molar-refractivity contribution >= 4 is 35.2 Å². The topological polar surface area (TPSA) is 94.0 Å². The summed E-state index contributed by atoms with van der Waals surface area (Å²) >= 11 is 6.00. The minimum atomic E-state index is -1.41. The summed E-state index contributed by atoms with van der Waals surface area (Å²) in [5, 5.41) is 9.60. The van der Waals surface area contributed by atoms with E-state index in [2.05, 4.69) is 0 Å². The van der Waals surface area contributed by atoms with Gasteiger partial charge in [-0.15, -0.1) is 0 Å². The number of rotatable bonds is 3. The van der Waals surface area contributed by atoms with E-state index in [0.29, 0.717) is 5.02 Å². The van der Waals surface area contributed by atoms with Crippen molar-refractivity contribution in [1.82, 2.24) is 9.80 Å². The van der Waals surface area contributed by atoms with Crippen LogP contribution in [0.4, 0.5) is 14.9 Å². The lowest BCUT2D eigenvalue weighted by Gasteiger charge is -2.47. The molecule has 3 amide bonds. The Balaban J connectivity index is 1.72. The van der Waals surface area contributed by atoms with E-state index in [1.165, 1.54) is 21.9 Å². The van der Waals surface area contributed by atoms with E-state index in [1.54, 1.807) is 45.0 Å². The molecule has 0 aliphatic carbocycles. The quantitative estimate of drug-likeness (QED) is 0.617. The fourth-order valence-electron chi connectivity index (χ4n) is 4.57. The molecule has 0 saturated carbocycles. The molecule has 4 rings (SSSR count). The Morgan fingerprint density at radius 3 is 2.50 bits per heavy atom. The van der Waals surface area contributed by atoms with Gasteiger partial charge in [0.25, 0.3) is 5.91 Å². The zero-order valence-corrected chi connectivity index (χ0v) is 21.0. The fourth-order valence-corrected chi connectivity index (χ4v) is 4.70. The Labute approximate surface area is 213 Å². The predicted octanol–water partition coefficient (Wildman–Crippen LogP) is 4.11. The Morgan fingerprint density at radius 1 is 1.19 bits per heavy atom. The highest BCUT2D eigenvalue weighted by molar-refractivity contribution is 6.30. The molecule has 1 unspecified atom stereocenters. The van der Waals surface area contributed by atoms with Crippen LogP contribution >= 0.6 is 11.6 Å². The van der Waals surface area contributed by atoms with Gasteiger partial charge >= 0.3 is 6.09 Å². The SMILES string of the molecule is CC(C)(C)OC(=O)N1CCC2(C1)C(=O)N(c1ccc(C#N)cc1F)CC(=O)N2Cc1ccc(Cl)cc1. The molecule has 0 N–H and O–H groups in total. The first kappa shape index (κ1) is 25.5. The summed E-state index contributed by atoms with van der Waals surface area (Å²) < 4.78 is 20.4. The van der Waals surface area contributed by atoms with Gasteiger partial charge in [-0.25, -0.2) is 9.18 Å². The van der Waals surface area contributed by atoms with Crippen molar-refractivity contribution in [3.63, 3.8) is 0 Å². The second kappa shape index (κ2) is 9.43. The number of carbonyl (C=O) groups excluding carboxylic acids is 3. The number of hydrogen-bond donors (Lipinski definition) is 0. The average Bonchev–Trinajstić information content (AvgIpc) is 3.26. The van der Waals surface area contributed by atoms with Crippen molar-refractivity contribution in [1.29, 1.82) is 5.26 Å². The van der Waals surface area contributed by atoms with Gasteiger partial charge in [0.2, 0.25) is 5.91 Å².